The minimum atomic E-state index is -4.75. The van der Waals surface area contributed by atoms with E-state index in [-0.39, 0.29) is 89.0 Å². The van der Waals surface area contributed by atoms with Crippen LogP contribution in [0, 0.1) is 23.3 Å². The van der Waals surface area contributed by atoms with E-state index in [1.807, 2.05) is 0 Å². The average Bonchev–Trinajstić information content (AvgIpc) is 3.88. The maximum Gasteiger partial charge on any atom is 0.451 e. The topological polar surface area (TPSA) is 221 Å². The summed E-state index contributed by atoms with van der Waals surface area (Å²) in [5, 5.41) is 1.97. The van der Waals surface area contributed by atoms with Crippen molar-refractivity contribution in [1.29, 1.82) is 0 Å². The number of hydrogen-bond acceptors (Lipinski definition) is 15. The zero-order chi connectivity index (χ0) is 56.8. The van der Waals surface area contributed by atoms with Crippen molar-refractivity contribution in [3.63, 3.8) is 0 Å². The van der Waals surface area contributed by atoms with Gasteiger partial charge in [-0.1, -0.05) is 0 Å². The second-order valence-corrected chi connectivity index (χ2v) is 21.3. The van der Waals surface area contributed by atoms with Crippen molar-refractivity contribution in [3.05, 3.63) is 132 Å². The number of ketones is 2. The van der Waals surface area contributed by atoms with Crippen LogP contribution in [0.3, 0.4) is 0 Å². The fraction of sp³-hybridized carbons (Fsp3) is 0.348. The third-order valence-corrected chi connectivity index (χ3v) is 14.8. The number of Topliss-reactive ketones (excluding diaryl/α,β-unsaturated/α-hetero) is 2. The van der Waals surface area contributed by atoms with Crippen molar-refractivity contribution in [2.75, 3.05) is 0 Å². The van der Waals surface area contributed by atoms with E-state index in [4.69, 9.17) is 10.7 Å². The highest BCUT2D eigenvalue weighted by Gasteiger charge is 2.49. The SMILES string of the molecule is C[C@@H]1N[C@H](C(=O)CCc2cc(-c3cnc(C(F)(F)F)nc3)ncc2F)C[C@H]1F.C[C@H]1[C@H](F)C[C@@H](C(=O)CCc2cc(-c3cnc(C(F)(F)F)nc3)ncc2F)N1S(=O)(=O)c1ccc(F)cn1.Cl.O=S(=O)(Cl)c1ccc(F)cn1. The van der Waals surface area contributed by atoms with E-state index in [1.165, 1.54) is 19.1 Å². The Morgan fingerprint density at radius 1 is 0.615 bits per heavy atom. The minimum Gasteiger partial charge on any atom is -0.302 e. The molecular formula is C46H40Cl2F12N10O6S2. The van der Waals surface area contributed by atoms with Crippen molar-refractivity contribution in [3.8, 4) is 22.5 Å². The summed E-state index contributed by atoms with van der Waals surface area (Å²) in [6.07, 6.45) is -6.17. The number of hydrogen-bond donors (Lipinski definition) is 1. The van der Waals surface area contributed by atoms with Gasteiger partial charge in [0.15, 0.2) is 15.8 Å². The van der Waals surface area contributed by atoms with Crippen LogP contribution in [0.5, 0.6) is 0 Å². The molecule has 1 N–H and O–H groups in total. The number of pyridine rings is 4. The summed E-state index contributed by atoms with van der Waals surface area (Å²) in [5.74, 6) is -6.38. The number of rotatable bonds is 13. The van der Waals surface area contributed by atoms with Crippen LogP contribution in [0.15, 0.2) is 96.0 Å². The maximum absolute atomic E-state index is 14.6. The van der Waals surface area contributed by atoms with Gasteiger partial charge in [0.1, 0.15) is 41.4 Å². The first-order valence-electron chi connectivity index (χ1n) is 22.3. The Balaban J connectivity index is 0.000000245. The first kappa shape index (κ1) is 62.5. The first-order chi connectivity index (χ1) is 35.9. The fourth-order valence-electron chi connectivity index (χ4n) is 7.62. The summed E-state index contributed by atoms with van der Waals surface area (Å²) in [5.41, 5.74) is 0.648. The van der Waals surface area contributed by atoms with E-state index in [0.717, 1.165) is 67.6 Å². The van der Waals surface area contributed by atoms with Crippen molar-refractivity contribution < 1.29 is 79.1 Å². The Kier molecular flexibility index (Phi) is 20.5. The molecule has 6 aromatic rings. The molecule has 32 heteroatoms. The number of alkyl halides is 8. The van der Waals surface area contributed by atoms with Gasteiger partial charge in [0, 0.05) is 78.3 Å². The highest BCUT2D eigenvalue weighted by atomic mass is 35.7. The summed E-state index contributed by atoms with van der Waals surface area (Å²) in [6.45, 7) is 2.94. The average molecular weight is 1190 g/mol. The van der Waals surface area contributed by atoms with E-state index >= 15 is 0 Å². The van der Waals surface area contributed by atoms with Crippen LogP contribution in [0.1, 0.15) is 62.3 Å². The van der Waals surface area contributed by atoms with E-state index in [9.17, 15) is 79.1 Å². The Morgan fingerprint density at radius 3 is 1.44 bits per heavy atom. The molecule has 0 aliphatic carbocycles. The lowest BCUT2D eigenvalue weighted by Crippen LogP contribution is -2.45. The number of nitrogens with zero attached hydrogens (tertiary/aromatic N) is 9. The Hall–Kier alpha value is -6.34. The molecule has 8 rings (SSSR count). The predicted octanol–water partition coefficient (Wildman–Crippen LogP) is 8.78. The van der Waals surface area contributed by atoms with Crippen LogP contribution in [-0.4, -0.2) is 109 Å². The Labute approximate surface area is 446 Å². The third-order valence-electron chi connectivity index (χ3n) is 11.7. The van der Waals surface area contributed by atoms with Gasteiger partial charge in [0.25, 0.3) is 19.1 Å². The molecule has 2 aliphatic heterocycles. The van der Waals surface area contributed by atoms with Crippen molar-refractivity contribution in [1.82, 2.24) is 49.5 Å². The molecule has 16 nitrogen and oxygen atoms in total. The van der Waals surface area contributed by atoms with Crippen LogP contribution in [0.4, 0.5) is 52.7 Å². The van der Waals surface area contributed by atoms with Gasteiger partial charge in [0.05, 0.1) is 54.3 Å². The van der Waals surface area contributed by atoms with Gasteiger partial charge in [-0.15, -0.1) is 12.4 Å². The molecule has 0 aromatic carbocycles. The number of sulfonamides is 1. The van der Waals surface area contributed by atoms with Gasteiger partial charge in [-0.2, -0.15) is 30.6 Å². The molecule has 78 heavy (non-hydrogen) atoms. The zero-order valence-electron chi connectivity index (χ0n) is 39.9. The van der Waals surface area contributed by atoms with E-state index in [1.54, 1.807) is 6.92 Å². The van der Waals surface area contributed by atoms with Crippen molar-refractivity contribution >= 4 is 53.7 Å². The van der Waals surface area contributed by atoms with Crippen LogP contribution in [0.2, 0.25) is 0 Å². The molecule has 8 heterocycles. The summed E-state index contributed by atoms with van der Waals surface area (Å²) in [6, 6.07) is 2.70. The van der Waals surface area contributed by atoms with E-state index < -0.39 is 120 Å². The maximum atomic E-state index is 14.6. The lowest BCUT2D eigenvalue weighted by molar-refractivity contribution is -0.145. The van der Waals surface area contributed by atoms with Crippen LogP contribution >= 0.6 is 23.1 Å². The summed E-state index contributed by atoms with van der Waals surface area (Å²) in [7, 11) is -3.39. The molecule has 0 radical (unpaired) electrons. The first-order valence-corrected chi connectivity index (χ1v) is 26.1. The number of carbonyl (C=O) groups excluding carboxylic acids is 2. The van der Waals surface area contributed by atoms with E-state index in [0.29, 0.717) is 10.5 Å². The van der Waals surface area contributed by atoms with Crippen LogP contribution in [-0.2, 0) is 53.9 Å². The molecule has 2 saturated heterocycles. The normalized spacial score (nSPS) is 19.7. The molecule has 0 spiro atoms. The van der Waals surface area contributed by atoms with Crippen LogP contribution in [0.25, 0.3) is 22.5 Å². The number of halogens is 14. The van der Waals surface area contributed by atoms with Gasteiger partial charge >= 0.3 is 12.4 Å². The molecule has 420 valence electrons. The summed E-state index contributed by atoms with van der Waals surface area (Å²) in [4.78, 5) is 52.7. The molecular weight excluding hydrogens is 1150 g/mol. The summed E-state index contributed by atoms with van der Waals surface area (Å²) < 4.78 is 206. The minimum absolute atomic E-state index is 0. The number of aryl methyl sites for hydroxylation is 2. The van der Waals surface area contributed by atoms with Gasteiger partial charge in [0.2, 0.25) is 11.6 Å². The molecule has 2 aliphatic rings. The van der Waals surface area contributed by atoms with Crippen molar-refractivity contribution in [2.45, 2.75) is 111 Å². The van der Waals surface area contributed by atoms with Crippen molar-refractivity contribution in [2.24, 2.45) is 0 Å². The van der Waals surface area contributed by atoms with Crippen LogP contribution < -0.4 is 5.32 Å². The predicted molar refractivity (Wildman–Crippen MR) is 253 cm³/mol. The lowest BCUT2D eigenvalue weighted by Gasteiger charge is -2.26. The number of carbonyl (C=O) groups is 2. The monoisotopic (exact) mass is 1190 g/mol. The summed E-state index contributed by atoms with van der Waals surface area (Å²) >= 11 is 0. The fourth-order valence-corrected chi connectivity index (χ4v) is 10.1. The zero-order valence-corrected chi connectivity index (χ0v) is 43.1. The largest absolute Gasteiger partial charge is 0.451 e. The highest BCUT2D eigenvalue weighted by Crippen LogP contribution is 2.35. The highest BCUT2D eigenvalue weighted by molar-refractivity contribution is 8.13. The lowest BCUT2D eigenvalue weighted by atomic mass is 10.0. The Bertz CT molecular complexity index is 3280. The Morgan fingerprint density at radius 2 is 1.05 bits per heavy atom. The van der Waals surface area contributed by atoms with Gasteiger partial charge in [-0.05, 0) is 74.2 Å². The second-order valence-electron chi connectivity index (χ2n) is 17.0. The van der Waals surface area contributed by atoms with E-state index in [2.05, 4.69) is 45.2 Å². The number of nitrogens with one attached hydrogen (secondary N) is 1. The van der Waals surface area contributed by atoms with Gasteiger partial charge < -0.3 is 5.32 Å². The molecule has 0 bridgehead atoms. The molecule has 6 atom stereocenters. The van der Waals surface area contributed by atoms with Gasteiger partial charge in [-0.25, -0.2) is 73.1 Å². The molecule has 0 saturated carbocycles. The molecule has 0 unspecified atom stereocenters. The molecule has 6 aromatic heterocycles. The third kappa shape index (κ3) is 15.9. The second kappa shape index (κ2) is 25.6. The standard InChI is InChI=1S/C23H19F6N5O3S.C18H17F5N4O.C5H3ClFNO2S.ClH/c1-12-16(25)7-19(34(12)38(36,37)21-5-3-15(24)10-31-21)20(35)4-2-13-6-18(30-11-17(13)26)14-8-32-22(33-9-14)23(27,28)29;1-9-12(19)5-15(27-9)16(28)3-2-10-4-14(24-8-13(10)20)11-6-25-17(26-7-11)18(21,22)23;6-11(9,10)5-2-1-4(7)3-8-5;/h3,5-6,8-12,16,19H,2,4,7H2,1H3;4,6-9,12,15,27H,2-3,5H2,1H3;1-3H;1H/t12-,16+,19-;9-,12+,15-;;/m00../s1. The molecule has 0 amide bonds. The number of aromatic nitrogens is 8. The molecule has 2 fully saturated rings. The smallest absolute Gasteiger partial charge is 0.302 e. The quantitative estimate of drug-likeness (QED) is 0.0843. The van der Waals surface area contributed by atoms with Gasteiger partial charge in [-0.3, -0.25) is 19.6 Å².